The molecule has 3 aliphatic rings. The van der Waals surface area contributed by atoms with Crippen molar-refractivity contribution < 1.29 is 9.53 Å². The molecule has 0 saturated heterocycles. The monoisotopic (exact) mass is 350 g/mol. The maximum Gasteiger partial charge on any atom is 0.260 e. The van der Waals surface area contributed by atoms with Gasteiger partial charge in [-0.15, -0.1) is 0 Å². The Balaban J connectivity index is 1.66. The highest BCUT2D eigenvalue weighted by Crippen LogP contribution is 2.48. The first-order valence-corrected chi connectivity index (χ1v) is 8.84. The number of amides is 1. The van der Waals surface area contributed by atoms with Crippen LogP contribution >= 0.6 is 0 Å². The number of hydrogen-bond acceptors (Lipinski definition) is 5. The van der Waals surface area contributed by atoms with Crippen LogP contribution in [0.4, 0.5) is 5.69 Å². The minimum Gasteiger partial charge on any atom is -0.487 e. The summed E-state index contributed by atoms with van der Waals surface area (Å²) in [6.45, 7) is 4.14. The highest BCUT2D eigenvalue weighted by molar-refractivity contribution is 6.18. The summed E-state index contributed by atoms with van der Waals surface area (Å²) in [6.07, 6.45) is 9.10. The molecule has 1 aromatic carbocycles. The van der Waals surface area contributed by atoms with E-state index in [1.165, 1.54) is 0 Å². The van der Waals surface area contributed by atoms with Gasteiger partial charge in [-0.2, -0.15) is 0 Å². The van der Waals surface area contributed by atoms with Crippen molar-refractivity contribution in [3.63, 3.8) is 0 Å². The predicted molar refractivity (Wildman–Crippen MR) is 102 cm³/mol. The van der Waals surface area contributed by atoms with Crippen LogP contribution in [0.1, 0.15) is 43.7 Å². The van der Waals surface area contributed by atoms with Gasteiger partial charge in [0.2, 0.25) is 0 Å². The van der Waals surface area contributed by atoms with Crippen LogP contribution < -0.4 is 15.4 Å². The molecule has 6 heteroatoms. The third kappa shape index (κ3) is 3.14. The summed E-state index contributed by atoms with van der Waals surface area (Å²) in [7, 11) is 0. The summed E-state index contributed by atoms with van der Waals surface area (Å²) in [6, 6.07) is 4.10. The van der Waals surface area contributed by atoms with Gasteiger partial charge in [0.25, 0.3) is 5.91 Å². The molecule has 1 amide bonds. The van der Waals surface area contributed by atoms with E-state index in [4.69, 9.17) is 10.1 Å². The molecule has 26 heavy (non-hydrogen) atoms. The molecular formula is C20H22N4O2. The highest BCUT2D eigenvalue weighted by atomic mass is 16.5. The average molecular weight is 350 g/mol. The summed E-state index contributed by atoms with van der Waals surface area (Å²) >= 11 is 0. The molecule has 0 atom stereocenters. The summed E-state index contributed by atoms with van der Waals surface area (Å²) in [5.41, 5.74) is 3.01. The number of hydrogen-bond donors (Lipinski definition) is 3. The zero-order valence-corrected chi connectivity index (χ0v) is 14.9. The fraction of sp³-hybridized carbons (Fsp3) is 0.350. The van der Waals surface area contributed by atoms with E-state index in [-0.39, 0.29) is 17.1 Å². The van der Waals surface area contributed by atoms with Gasteiger partial charge in [0, 0.05) is 36.3 Å². The number of allylic oxidation sites excluding steroid dienone is 1. The Morgan fingerprint density at radius 2 is 2.23 bits per heavy atom. The van der Waals surface area contributed by atoms with Crippen LogP contribution in [0.3, 0.4) is 0 Å². The highest BCUT2D eigenvalue weighted by Gasteiger charge is 2.34. The molecule has 1 aromatic rings. The molecular weight excluding hydrogens is 328 g/mol. The number of nitrogens with zero attached hydrogens (tertiary/aromatic N) is 1. The summed E-state index contributed by atoms with van der Waals surface area (Å²) < 4.78 is 6.04. The van der Waals surface area contributed by atoms with Gasteiger partial charge in [-0.3, -0.25) is 4.79 Å². The van der Waals surface area contributed by atoms with Crippen LogP contribution in [0.25, 0.3) is 0 Å². The lowest BCUT2D eigenvalue weighted by Gasteiger charge is -2.17. The molecule has 0 unspecified atom stereocenters. The van der Waals surface area contributed by atoms with Crippen molar-refractivity contribution >= 4 is 24.0 Å². The molecule has 0 bridgehead atoms. The maximum absolute atomic E-state index is 12.8. The first kappa shape index (κ1) is 16.6. The van der Waals surface area contributed by atoms with E-state index in [1.54, 1.807) is 18.5 Å². The molecule has 1 aliphatic carbocycles. The van der Waals surface area contributed by atoms with Crippen LogP contribution in [0.5, 0.6) is 5.75 Å². The van der Waals surface area contributed by atoms with Gasteiger partial charge < -0.3 is 20.8 Å². The number of fused-ring (bicyclic) bond motifs is 1. The Bertz CT molecular complexity index is 876. The van der Waals surface area contributed by atoms with Crippen molar-refractivity contribution in [2.75, 3.05) is 5.32 Å². The largest absolute Gasteiger partial charge is 0.487 e. The van der Waals surface area contributed by atoms with E-state index in [0.29, 0.717) is 11.7 Å². The number of benzene rings is 1. The SMILES string of the molecule is CC1(C)Cc2cc(NC(=O)/C(C=N)=C3\N=CC=CN3)c(C3CC3)cc2O1. The van der Waals surface area contributed by atoms with Gasteiger partial charge in [-0.25, -0.2) is 4.99 Å². The molecule has 0 spiro atoms. The molecule has 2 aliphatic heterocycles. The summed E-state index contributed by atoms with van der Waals surface area (Å²) in [5, 5.41) is 13.5. The minimum atomic E-state index is -0.338. The number of aliphatic imine (C=N–C) groups is 1. The van der Waals surface area contributed by atoms with E-state index >= 15 is 0 Å². The van der Waals surface area contributed by atoms with E-state index in [9.17, 15) is 4.79 Å². The maximum atomic E-state index is 12.8. The van der Waals surface area contributed by atoms with Gasteiger partial charge in [0.1, 0.15) is 17.2 Å². The molecule has 0 radical (unpaired) electrons. The Hall–Kier alpha value is -2.89. The molecule has 3 N–H and O–H groups in total. The normalized spacial score (nSPS) is 21.5. The number of carbonyl (C=O) groups is 1. The van der Waals surface area contributed by atoms with Crippen LogP contribution in [-0.4, -0.2) is 23.9 Å². The number of rotatable bonds is 4. The van der Waals surface area contributed by atoms with Crippen molar-refractivity contribution in [2.24, 2.45) is 4.99 Å². The lowest BCUT2D eigenvalue weighted by molar-refractivity contribution is -0.112. The Kier molecular flexibility index (Phi) is 3.90. The first-order valence-electron chi connectivity index (χ1n) is 8.84. The first-order chi connectivity index (χ1) is 12.5. The second-order valence-corrected chi connectivity index (χ2v) is 7.50. The third-order valence-corrected chi connectivity index (χ3v) is 4.75. The number of anilines is 1. The lowest BCUT2D eigenvalue weighted by atomic mass is 9.98. The summed E-state index contributed by atoms with van der Waals surface area (Å²) in [5.74, 6) is 1.42. The Labute approximate surface area is 152 Å². The molecule has 4 rings (SSSR count). The van der Waals surface area contributed by atoms with Crippen molar-refractivity contribution in [3.05, 3.63) is 46.9 Å². The second-order valence-electron chi connectivity index (χ2n) is 7.50. The van der Waals surface area contributed by atoms with Crippen molar-refractivity contribution in [2.45, 2.75) is 44.6 Å². The predicted octanol–water partition coefficient (Wildman–Crippen LogP) is 3.26. The van der Waals surface area contributed by atoms with Gasteiger partial charge >= 0.3 is 0 Å². The van der Waals surface area contributed by atoms with Crippen LogP contribution in [0, 0.1) is 5.41 Å². The van der Waals surface area contributed by atoms with E-state index in [2.05, 4.69) is 35.5 Å². The summed E-state index contributed by atoms with van der Waals surface area (Å²) in [4.78, 5) is 16.9. The molecule has 1 fully saturated rings. The van der Waals surface area contributed by atoms with Crippen molar-refractivity contribution in [1.29, 1.82) is 5.41 Å². The lowest BCUT2D eigenvalue weighted by Crippen LogP contribution is -2.24. The Morgan fingerprint density at radius 3 is 2.88 bits per heavy atom. The molecule has 6 nitrogen and oxygen atoms in total. The van der Waals surface area contributed by atoms with E-state index in [0.717, 1.165) is 48.0 Å². The Morgan fingerprint density at radius 1 is 1.42 bits per heavy atom. The standard InChI is InChI=1S/C20H22N4O2/c1-20(2)10-13-8-16(14(12-4-5-12)9-17(13)26-20)24-19(25)15(11-21)18-22-6-3-7-23-18/h3,6-9,11-12,21-22H,4-5,10H2,1-2H3,(H,24,25)/b18-15-,21-11?. The average Bonchev–Trinajstić information content (AvgIpc) is 3.38. The molecule has 134 valence electrons. The topological polar surface area (TPSA) is 86.6 Å². The molecule has 0 aromatic heterocycles. The fourth-order valence-electron chi connectivity index (χ4n) is 3.41. The zero-order valence-electron chi connectivity index (χ0n) is 14.9. The van der Waals surface area contributed by atoms with Crippen LogP contribution in [0.2, 0.25) is 0 Å². The third-order valence-electron chi connectivity index (χ3n) is 4.75. The molecule has 2 heterocycles. The van der Waals surface area contributed by atoms with Gasteiger partial charge in [-0.1, -0.05) is 0 Å². The van der Waals surface area contributed by atoms with Gasteiger partial charge in [-0.05, 0) is 56.4 Å². The minimum absolute atomic E-state index is 0.199. The van der Waals surface area contributed by atoms with Crippen molar-refractivity contribution in [1.82, 2.24) is 5.32 Å². The number of ether oxygens (including phenoxy) is 1. The van der Waals surface area contributed by atoms with Crippen LogP contribution in [-0.2, 0) is 11.2 Å². The van der Waals surface area contributed by atoms with E-state index < -0.39 is 0 Å². The molecule has 1 saturated carbocycles. The smallest absolute Gasteiger partial charge is 0.260 e. The zero-order chi connectivity index (χ0) is 18.3. The second kappa shape index (κ2) is 6.12. The van der Waals surface area contributed by atoms with Gasteiger partial charge in [0.15, 0.2) is 0 Å². The van der Waals surface area contributed by atoms with Gasteiger partial charge in [0.05, 0.1) is 5.57 Å². The van der Waals surface area contributed by atoms with E-state index in [1.807, 2.05) is 6.07 Å². The number of nitrogens with one attached hydrogen (secondary N) is 3. The quantitative estimate of drug-likeness (QED) is 0.575. The fourth-order valence-corrected chi connectivity index (χ4v) is 3.41. The van der Waals surface area contributed by atoms with Crippen LogP contribution in [0.15, 0.2) is 40.8 Å². The number of carbonyl (C=O) groups excluding carboxylic acids is 1. The van der Waals surface area contributed by atoms with Crippen molar-refractivity contribution in [3.8, 4) is 5.75 Å².